The molecule has 0 amide bonds. The van der Waals surface area contributed by atoms with Crippen LogP contribution in [0.5, 0.6) is 0 Å². The van der Waals surface area contributed by atoms with Crippen LogP contribution in [0.1, 0.15) is 30.5 Å². The molecule has 3 heterocycles. The van der Waals surface area contributed by atoms with Gasteiger partial charge in [-0.25, -0.2) is 0 Å². The van der Waals surface area contributed by atoms with Gasteiger partial charge in [-0.15, -0.1) is 0 Å². The van der Waals surface area contributed by atoms with Crippen molar-refractivity contribution in [3.05, 3.63) is 34.5 Å². The maximum Gasteiger partial charge on any atom is 0.0486 e. The van der Waals surface area contributed by atoms with Crippen LogP contribution in [-0.4, -0.2) is 36.1 Å². The fourth-order valence-corrected chi connectivity index (χ4v) is 4.47. The summed E-state index contributed by atoms with van der Waals surface area (Å²) in [6, 6.07) is 6.43. The Hall–Kier alpha value is -1.03. The van der Waals surface area contributed by atoms with Crippen molar-refractivity contribution < 1.29 is 0 Å². The maximum atomic E-state index is 6.28. The van der Waals surface area contributed by atoms with E-state index in [2.05, 4.69) is 34.0 Å². The molecule has 2 aliphatic heterocycles. The molecule has 0 bridgehead atoms. The number of rotatable bonds is 3. The number of nitrogens with one attached hydrogen (secondary N) is 1. The normalized spacial score (nSPS) is 20.1. The Morgan fingerprint density at radius 2 is 2.09 bits per heavy atom. The third-order valence-corrected chi connectivity index (χ3v) is 5.86. The average Bonchev–Trinajstić information content (AvgIpc) is 2.86. The lowest BCUT2D eigenvalue weighted by molar-refractivity contribution is 0.304. The Balaban J connectivity index is 1.67. The van der Waals surface area contributed by atoms with Crippen LogP contribution in [0.15, 0.2) is 18.2 Å². The predicted molar refractivity (Wildman–Crippen MR) is 97.2 cm³/mol. The zero-order chi connectivity index (χ0) is 15.8. The number of likely N-dealkylation sites (N-methyl/N-ethyl adjacent to an activating group) is 1. The molecule has 0 atom stereocenters. The van der Waals surface area contributed by atoms with Crippen molar-refractivity contribution in [2.45, 2.75) is 38.8 Å². The van der Waals surface area contributed by atoms with Gasteiger partial charge in [-0.3, -0.25) is 0 Å². The molecule has 1 saturated heterocycles. The number of benzene rings is 1. The van der Waals surface area contributed by atoms with E-state index in [9.17, 15) is 0 Å². The van der Waals surface area contributed by atoms with Crippen molar-refractivity contribution in [2.75, 3.05) is 26.7 Å². The summed E-state index contributed by atoms with van der Waals surface area (Å²) in [5, 5.41) is 5.69. The highest BCUT2D eigenvalue weighted by atomic mass is 35.5. The van der Waals surface area contributed by atoms with Gasteiger partial charge < -0.3 is 14.8 Å². The van der Waals surface area contributed by atoms with E-state index in [4.69, 9.17) is 11.6 Å². The number of nitrogens with zero attached hydrogens (tertiary/aromatic N) is 2. The van der Waals surface area contributed by atoms with Gasteiger partial charge in [-0.05, 0) is 69.1 Å². The van der Waals surface area contributed by atoms with E-state index in [-0.39, 0.29) is 0 Å². The molecule has 1 aromatic heterocycles. The molecule has 1 fully saturated rings. The van der Waals surface area contributed by atoms with Gasteiger partial charge in [-0.1, -0.05) is 11.6 Å². The van der Waals surface area contributed by atoms with E-state index in [1.165, 1.54) is 48.8 Å². The van der Waals surface area contributed by atoms with Crippen molar-refractivity contribution in [1.82, 2.24) is 14.8 Å². The maximum absolute atomic E-state index is 6.28. The standard InChI is InChI=1S/C19H26ClN3/c1-22-10-7-19-17(13-22)16-12-15(20)2-3-18(16)23(19)11-6-14-4-8-21-9-5-14/h2-3,12,14,21H,4-11,13H2,1H3. The molecule has 23 heavy (non-hydrogen) atoms. The summed E-state index contributed by atoms with van der Waals surface area (Å²) in [5.41, 5.74) is 4.43. The number of aryl methyl sites for hydroxylation is 1. The Labute approximate surface area is 143 Å². The first kappa shape index (κ1) is 15.5. The number of piperidine rings is 1. The largest absolute Gasteiger partial charge is 0.344 e. The molecule has 2 aliphatic rings. The van der Waals surface area contributed by atoms with Gasteiger partial charge in [0.1, 0.15) is 0 Å². The van der Waals surface area contributed by atoms with Gasteiger partial charge >= 0.3 is 0 Å². The molecule has 0 radical (unpaired) electrons. The quantitative estimate of drug-likeness (QED) is 0.926. The number of fused-ring (bicyclic) bond motifs is 3. The van der Waals surface area contributed by atoms with Crippen LogP contribution in [-0.2, 0) is 19.5 Å². The molecule has 4 rings (SSSR count). The van der Waals surface area contributed by atoms with Gasteiger partial charge in [0.25, 0.3) is 0 Å². The highest BCUT2D eigenvalue weighted by Crippen LogP contribution is 2.33. The van der Waals surface area contributed by atoms with Crippen LogP contribution in [0, 0.1) is 5.92 Å². The van der Waals surface area contributed by atoms with Crippen LogP contribution in [0.25, 0.3) is 10.9 Å². The molecular weight excluding hydrogens is 306 g/mol. The average molecular weight is 332 g/mol. The highest BCUT2D eigenvalue weighted by Gasteiger charge is 2.23. The van der Waals surface area contributed by atoms with Crippen LogP contribution >= 0.6 is 11.6 Å². The van der Waals surface area contributed by atoms with Crippen LogP contribution in [0.2, 0.25) is 5.02 Å². The zero-order valence-corrected chi connectivity index (χ0v) is 14.7. The Kier molecular flexibility index (Phi) is 4.35. The predicted octanol–water partition coefficient (Wildman–Crippen LogP) is 3.67. The van der Waals surface area contributed by atoms with E-state index in [1.807, 2.05) is 6.07 Å². The molecule has 0 saturated carbocycles. The summed E-state index contributed by atoms with van der Waals surface area (Å²) < 4.78 is 2.59. The summed E-state index contributed by atoms with van der Waals surface area (Å²) >= 11 is 6.28. The number of hydrogen-bond donors (Lipinski definition) is 1. The van der Waals surface area contributed by atoms with Crippen molar-refractivity contribution in [2.24, 2.45) is 5.92 Å². The van der Waals surface area contributed by atoms with E-state index in [0.29, 0.717) is 0 Å². The van der Waals surface area contributed by atoms with Crippen molar-refractivity contribution in [1.29, 1.82) is 0 Å². The second kappa shape index (κ2) is 6.46. The fourth-order valence-electron chi connectivity index (χ4n) is 4.29. The van der Waals surface area contributed by atoms with Crippen molar-refractivity contribution >= 4 is 22.5 Å². The number of halogens is 1. The van der Waals surface area contributed by atoms with E-state index < -0.39 is 0 Å². The SMILES string of the molecule is CN1CCc2c(c3cc(Cl)ccc3n2CCC2CCNCC2)C1. The molecular formula is C19H26ClN3. The third-order valence-electron chi connectivity index (χ3n) is 5.63. The minimum absolute atomic E-state index is 0.851. The van der Waals surface area contributed by atoms with Gasteiger partial charge in [-0.2, -0.15) is 0 Å². The third kappa shape index (κ3) is 3.02. The first-order valence-electron chi connectivity index (χ1n) is 8.91. The molecule has 2 aromatic rings. The van der Waals surface area contributed by atoms with Crippen LogP contribution in [0.3, 0.4) is 0 Å². The molecule has 0 unspecified atom stereocenters. The second-order valence-electron chi connectivity index (χ2n) is 7.21. The molecule has 1 N–H and O–H groups in total. The Bertz CT molecular complexity index is 700. The zero-order valence-electron chi connectivity index (χ0n) is 13.9. The monoisotopic (exact) mass is 331 g/mol. The first-order valence-corrected chi connectivity index (χ1v) is 9.29. The van der Waals surface area contributed by atoms with E-state index >= 15 is 0 Å². The summed E-state index contributed by atoms with van der Waals surface area (Å²) in [7, 11) is 2.21. The van der Waals surface area contributed by atoms with E-state index in [1.54, 1.807) is 5.69 Å². The summed E-state index contributed by atoms with van der Waals surface area (Å²) in [5.74, 6) is 0.878. The molecule has 1 aromatic carbocycles. The molecule has 0 aliphatic carbocycles. The van der Waals surface area contributed by atoms with E-state index in [0.717, 1.165) is 37.0 Å². The lowest BCUT2D eigenvalue weighted by Crippen LogP contribution is -2.29. The number of hydrogen-bond acceptors (Lipinski definition) is 2. The molecule has 0 spiro atoms. The van der Waals surface area contributed by atoms with Crippen molar-refractivity contribution in [3.63, 3.8) is 0 Å². The lowest BCUT2D eigenvalue weighted by Gasteiger charge is -2.26. The summed E-state index contributed by atoms with van der Waals surface area (Å²) in [6.45, 7) is 5.74. The molecule has 124 valence electrons. The van der Waals surface area contributed by atoms with Crippen molar-refractivity contribution in [3.8, 4) is 0 Å². The molecule has 3 nitrogen and oxygen atoms in total. The Morgan fingerprint density at radius 3 is 2.91 bits per heavy atom. The Morgan fingerprint density at radius 1 is 1.26 bits per heavy atom. The minimum atomic E-state index is 0.851. The second-order valence-corrected chi connectivity index (χ2v) is 7.64. The van der Waals surface area contributed by atoms with Gasteiger partial charge in [0.05, 0.1) is 0 Å². The smallest absolute Gasteiger partial charge is 0.0486 e. The van der Waals surface area contributed by atoms with Crippen LogP contribution in [0.4, 0.5) is 0 Å². The topological polar surface area (TPSA) is 20.2 Å². The van der Waals surface area contributed by atoms with Gasteiger partial charge in [0.2, 0.25) is 0 Å². The first-order chi connectivity index (χ1) is 11.2. The lowest BCUT2D eigenvalue weighted by atomic mass is 9.94. The van der Waals surface area contributed by atoms with Gasteiger partial charge in [0.15, 0.2) is 0 Å². The summed E-state index contributed by atoms with van der Waals surface area (Å²) in [6.07, 6.45) is 5.12. The molecule has 4 heteroatoms. The van der Waals surface area contributed by atoms with Gasteiger partial charge in [0, 0.05) is 47.7 Å². The fraction of sp³-hybridized carbons (Fsp3) is 0.579. The van der Waals surface area contributed by atoms with Crippen LogP contribution < -0.4 is 5.32 Å². The number of aromatic nitrogens is 1. The summed E-state index contributed by atoms with van der Waals surface area (Å²) in [4.78, 5) is 2.42. The minimum Gasteiger partial charge on any atom is -0.344 e. The highest BCUT2D eigenvalue weighted by molar-refractivity contribution is 6.31.